The third-order valence-electron chi connectivity index (χ3n) is 4.39. The Labute approximate surface area is 171 Å². The fraction of sp³-hybridized carbons (Fsp3) is 0. The summed E-state index contributed by atoms with van der Waals surface area (Å²) in [6.07, 6.45) is 2.92. The van der Waals surface area contributed by atoms with Gasteiger partial charge in [0.1, 0.15) is 5.75 Å². The van der Waals surface area contributed by atoms with Gasteiger partial charge >= 0.3 is 5.97 Å². The normalized spacial score (nSPS) is 13.1. The van der Waals surface area contributed by atoms with Crippen molar-refractivity contribution < 1.29 is 19.1 Å². The summed E-state index contributed by atoms with van der Waals surface area (Å²) >= 11 is 5.82. The number of esters is 1. The molecule has 1 aliphatic rings. The van der Waals surface area contributed by atoms with Crippen LogP contribution in [0.5, 0.6) is 5.75 Å². The summed E-state index contributed by atoms with van der Waals surface area (Å²) in [5, 5.41) is 0.614. The van der Waals surface area contributed by atoms with Crippen LogP contribution in [-0.2, 0) is 4.79 Å². The molecular formula is C23H14ClNO4. The van der Waals surface area contributed by atoms with E-state index in [1.165, 1.54) is 18.2 Å². The molecule has 0 spiro atoms. The molecule has 5 nitrogen and oxygen atoms in total. The molecule has 6 heteroatoms. The summed E-state index contributed by atoms with van der Waals surface area (Å²) < 4.78 is 5.25. The average Bonchev–Trinajstić information content (AvgIpc) is 2.99. The molecule has 0 N–H and O–H groups in total. The second-order valence-corrected chi connectivity index (χ2v) is 6.73. The topological polar surface area (TPSA) is 63.7 Å². The van der Waals surface area contributed by atoms with Crippen molar-refractivity contribution in [3.05, 3.63) is 101 Å². The van der Waals surface area contributed by atoms with Gasteiger partial charge in [0.05, 0.1) is 16.8 Å². The van der Waals surface area contributed by atoms with Crippen molar-refractivity contribution in [2.45, 2.75) is 0 Å². The quantitative estimate of drug-likeness (QED) is 0.273. The molecule has 3 aromatic carbocycles. The average molecular weight is 404 g/mol. The highest BCUT2D eigenvalue weighted by Crippen LogP contribution is 2.29. The number of nitrogens with zero attached hydrogens (tertiary/aromatic N) is 1. The lowest BCUT2D eigenvalue weighted by Gasteiger charge is -2.14. The molecule has 0 unspecified atom stereocenters. The Morgan fingerprint density at radius 2 is 1.41 bits per heavy atom. The summed E-state index contributed by atoms with van der Waals surface area (Å²) in [7, 11) is 0. The standard InChI is InChI=1S/C23H14ClNO4/c24-16-8-5-15(6-9-16)7-14-21(26)29-18-12-10-17(11-13-18)25-22(27)19-3-1-2-4-20(19)23(25)28/h1-14H/b14-7+. The van der Waals surface area contributed by atoms with E-state index in [0.29, 0.717) is 27.6 Å². The number of benzene rings is 3. The first kappa shape index (κ1) is 18.7. The van der Waals surface area contributed by atoms with E-state index >= 15 is 0 Å². The van der Waals surface area contributed by atoms with Crippen molar-refractivity contribution in [3.8, 4) is 5.75 Å². The van der Waals surface area contributed by atoms with Gasteiger partial charge in [-0.15, -0.1) is 0 Å². The van der Waals surface area contributed by atoms with E-state index in [2.05, 4.69) is 0 Å². The van der Waals surface area contributed by atoms with Gasteiger partial charge in [0.2, 0.25) is 0 Å². The fourth-order valence-electron chi connectivity index (χ4n) is 2.98. The van der Waals surface area contributed by atoms with Crippen molar-refractivity contribution in [2.24, 2.45) is 0 Å². The first-order valence-corrected chi connectivity index (χ1v) is 9.14. The summed E-state index contributed by atoms with van der Waals surface area (Å²) in [6, 6.07) is 19.9. The van der Waals surface area contributed by atoms with Crippen molar-refractivity contribution in [3.63, 3.8) is 0 Å². The van der Waals surface area contributed by atoms with Crippen molar-refractivity contribution in [1.82, 2.24) is 0 Å². The molecule has 0 fully saturated rings. The predicted octanol–water partition coefficient (Wildman–Crippen LogP) is 4.76. The second-order valence-electron chi connectivity index (χ2n) is 6.29. The molecule has 4 rings (SSSR count). The summed E-state index contributed by atoms with van der Waals surface area (Å²) in [5.74, 6) is -0.993. The third-order valence-corrected chi connectivity index (χ3v) is 4.64. The Morgan fingerprint density at radius 3 is 2.00 bits per heavy atom. The smallest absolute Gasteiger partial charge is 0.336 e. The third kappa shape index (κ3) is 3.81. The summed E-state index contributed by atoms with van der Waals surface area (Å²) in [4.78, 5) is 38.1. The zero-order valence-electron chi connectivity index (χ0n) is 15.0. The van der Waals surface area contributed by atoms with E-state index in [-0.39, 0.29) is 11.8 Å². The Kier molecular flexibility index (Phi) is 4.97. The van der Waals surface area contributed by atoms with Gasteiger partial charge in [0.25, 0.3) is 11.8 Å². The number of carbonyl (C=O) groups excluding carboxylic acids is 3. The molecule has 0 aromatic heterocycles. The van der Waals surface area contributed by atoms with Crippen LogP contribution in [0.1, 0.15) is 26.3 Å². The van der Waals surface area contributed by atoms with Gasteiger partial charge in [-0.3, -0.25) is 9.59 Å². The number of hydrogen-bond acceptors (Lipinski definition) is 4. The van der Waals surface area contributed by atoms with Crippen LogP contribution >= 0.6 is 11.6 Å². The van der Waals surface area contributed by atoms with Crippen LogP contribution in [0, 0.1) is 0 Å². The van der Waals surface area contributed by atoms with E-state index in [9.17, 15) is 14.4 Å². The largest absolute Gasteiger partial charge is 0.423 e. The van der Waals surface area contributed by atoms with Gasteiger partial charge in [-0.1, -0.05) is 35.9 Å². The fourth-order valence-corrected chi connectivity index (χ4v) is 3.10. The summed E-state index contributed by atoms with van der Waals surface area (Å²) in [5.41, 5.74) is 1.97. The Bertz CT molecular complexity index is 1100. The minimum atomic E-state index is -0.548. The van der Waals surface area contributed by atoms with Crippen LogP contribution in [0.3, 0.4) is 0 Å². The second kappa shape index (κ2) is 7.73. The summed E-state index contributed by atoms with van der Waals surface area (Å²) in [6.45, 7) is 0. The van der Waals surface area contributed by atoms with Gasteiger partial charge < -0.3 is 4.74 Å². The van der Waals surface area contributed by atoms with Crippen molar-refractivity contribution in [2.75, 3.05) is 4.90 Å². The number of halogens is 1. The lowest BCUT2D eigenvalue weighted by Crippen LogP contribution is -2.29. The highest BCUT2D eigenvalue weighted by Gasteiger charge is 2.36. The van der Waals surface area contributed by atoms with Gasteiger partial charge in [-0.25, -0.2) is 9.69 Å². The van der Waals surface area contributed by atoms with Crippen LogP contribution in [-0.4, -0.2) is 17.8 Å². The molecule has 1 aliphatic heterocycles. The number of carbonyl (C=O) groups is 3. The van der Waals surface area contributed by atoms with E-state index in [4.69, 9.17) is 16.3 Å². The zero-order valence-corrected chi connectivity index (χ0v) is 15.8. The molecule has 0 aliphatic carbocycles. The van der Waals surface area contributed by atoms with Crippen molar-refractivity contribution >= 4 is 41.1 Å². The zero-order chi connectivity index (χ0) is 20.4. The van der Waals surface area contributed by atoms with E-state index in [1.54, 1.807) is 66.7 Å². The van der Waals surface area contributed by atoms with E-state index in [1.807, 2.05) is 0 Å². The first-order chi connectivity index (χ1) is 14.0. The molecule has 3 aromatic rings. The number of anilines is 1. The molecule has 0 saturated heterocycles. The van der Waals surface area contributed by atoms with Crippen LogP contribution < -0.4 is 9.64 Å². The molecule has 0 saturated carbocycles. The lowest BCUT2D eigenvalue weighted by molar-refractivity contribution is -0.128. The minimum absolute atomic E-state index is 0.302. The SMILES string of the molecule is O=C(/C=C/c1ccc(Cl)cc1)Oc1ccc(N2C(=O)c3ccccc3C2=O)cc1. The van der Waals surface area contributed by atoms with Gasteiger partial charge in [-0.2, -0.15) is 0 Å². The number of hydrogen-bond donors (Lipinski definition) is 0. The first-order valence-electron chi connectivity index (χ1n) is 8.76. The molecule has 0 bridgehead atoms. The van der Waals surface area contributed by atoms with Gasteiger partial charge in [0, 0.05) is 11.1 Å². The molecule has 1 heterocycles. The highest BCUT2D eigenvalue weighted by atomic mass is 35.5. The molecule has 2 amide bonds. The number of rotatable bonds is 4. The van der Waals surface area contributed by atoms with Gasteiger partial charge in [0.15, 0.2) is 0 Å². The van der Waals surface area contributed by atoms with Crippen LogP contribution in [0.4, 0.5) is 5.69 Å². The van der Waals surface area contributed by atoms with Crippen LogP contribution in [0.25, 0.3) is 6.08 Å². The maximum Gasteiger partial charge on any atom is 0.336 e. The van der Waals surface area contributed by atoms with Gasteiger partial charge in [-0.05, 0) is 60.2 Å². The Balaban J connectivity index is 1.45. The number of fused-ring (bicyclic) bond motifs is 1. The van der Waals surface area contributed by atoms with Crippen molar-refractivity contribution in [1.29, 1.82) is 0 Å². The monoisotopic (exact) mass is 403 g/mol. The maximum absolute atomic E-state index is 12.5. The number of imide groups is 1. The lowest BCUT2D eigenvalue weighted by atomic mass is 10.1. The molecule has 29 heavy (non-hydrogen) atoms. The Morgan fingerprint density at radius 1 is 0.828 bits per heavy atom. The molecule has 0 atom stereocenters. The van der Waals surface area contributed by atoms with Crippen LogP contribution in [0.2, 0.25) is 5.02 Å². The molecular weight excluding hydrogens is 390 g/mol. The number of ether oxygens (including phenoxy) is 1. The Hall–Kier alpha value is -3.70. The number of amides is 2. The molecule has 142 valence electrons. The molecule has 0 radical (unpaired) electrons. The highest BCUT2D eigenvalue weighted by molar-refractivity contribution is 6.34. The van der Waals surface area contributed by atoms with Crippen LogP contribution in [0.15, 0.2) is 78.9 Å². The minimum Gasteiger partial charge on any atom is -0.423 e. The maximum atomic E-state index is 12.5. The van der Waals surface area contributed by atoms with E-state index < -0.39 is 5.97 Å². The van der Waals surface area contributed by atoms with E-state index in [0.717, 1.165) is 10.5 Å². The predicted molar refractivity (Wildman–Crippen MR) is 110 cm³/mol.